The molecular weight excluding hydrogens is 364 g/mol. The average Bonchev–Trinajstić information content (AvgIpc) is 3.30. The fourth-order valence-electron chi connectivity index (χ4n) is 2.93. The minimum absolute atomic E-state index is 0.266. The van der Waals surface area contributed by atoms with Gasteiger partial charge in [0.2, 0.25) is 10.0 Å². The fraction of sp³-hybridized carbons (Fsp3) is 0.167. The highest BCUT2D eigenvalue weighted by atomic mass is 32.2. The van der Waals surface area contributed by atoms with Crippen molar-refractivity contribution in [3.8, 4) is 11.1 Å². The van der Waals surface area contributed by atoms with Crippen molar-refractivity contribution < 1.29 is 8.42 Å². The second kappa shape index (κ2) is 6.60. The summed E-state index contributed by atoms with van der Waals surface area (Å²) in [5.74, 6) is 0. The van der Waals surface area contributed by atoms with Gasteiger partial charge in [-0.15, -0.1) is 5.10 Å². The third-order valence-corrected chi connectivity index (χ3v) is 6.17. The van der Waals surface area contributed by atoms with Crippen LogP contribution < -0.4 is 0 Å². The maximum absolute atomic E-state index is 12.2. The van der Waals surface area contributed by atoms with Gasteiger partial charge >= 0.3 is 0 Å². The van der Waals surface area contributed by atoms with Crippen LogP contribution in [0.3, 0.4) is 0 Å². The smallest absolute Gasteiger partial charge is 0.242 e. The maximum Gasteiger partial charge on any atom is 0.242 e. The van der Waals surface area contributed by atoms with E-state index >= 15 is 0 Å². The van der Waals surface area contributed by atoms with E-state index in [2.05, 4.69) is 20.3 Å². The van der Waals surface area contributed by atoms with Crippen molar-refractivity contribution in [2.24, 2.45) is 0 Å². The maximum atomic E-state index is 12.2. The van der Waals surface area contributed by atoms with Gasteiger partial charge in [0.25, 0.3) is 0 Å². The molecule has 0 aliphatic carbocycles. The van der Waals surface area contributed by atoms with E-state index in [1.807, 2.05) is 24.3 Å². The number of rotatable bonds is 5. The molecule has 0 amide bonds. The first kappa shape index (κ1) is 17.4. The summed E-state index contributed by atoms with van der Waals surface area (Å²) in [7, 11) is -0.404. The second-order valence-electron chi connectivity index (χ2n) is 6.33. The van der Waals surface area contributed by atoms with Crippen LogP contribution in [0.1, 0.15) is 5.69 Å². The number of fused-ring (bicyclic) bond motifs is 1. The van der Waals surface area contributed by atoms with E-state index in [-0.39, 0.29) is 4.90 Å². The number of aromatic nitrogens is 5. The number of sulfonamides is 1. The minimum Gasteiger partial charge on any atom is -0.342 e. The van der Waals surface area contributed by atoms with Crippen LogP contribution in [-0.4, -0.2) is 51.8 Å². The molecule has 0 radical (unpaired) electrons. The molecule has 0 bridgehead atoms. The van der Waals surface area contributed by atoms with Gasteiger partial charge in [-0.05, 0) is 35.4 Å². The van der Waals surface area contributed by atoms with Gasteiger partial charge in [0.05, 0.1) is 17.6 Å². The SMILES string of the molecule is CN(C)S(=O)(=O)c1ccc(-c2ccnc3[nH]c(Cn4ccnn4)cc23)cc1. The summed E-state index contributed by atoms with van der Waals surface area (Å²) in [5.41, 5.74) is 3.64. The van der Waals surface area contributed by atoms with E-state index in [9.17, 15) is 8.42 Å². The first-order valence-corrected chi connectivity index (χ1v) is 9.73. The Labute approximate surface area is 156 Å². The van der Waals surface area contributed by atoms with Crippen molar-refractivity contribution in [2.45, 2.75) is 11.4 Å². The van der Waals surface area contributed by atoms with E-state index in [1.54, 1.807) is 35.4 Å². The molecule has 0 aliphatic heterocycles. The highest BCUT2D eigenvalue weighted by molar-refractivity contribution is 7.89. The van der Waals surface area contributed by atoms with E-state index in [0.717, 1.165) is 27.9 Å². The molecule has 0 fully saturated rings. The molecule has 1 aromatic carbocycles. The summed E-state index contributed by atoms with van der Waals surface area (Å²) in [6.45, 7) is 0.565. The number of H-pyrrole nitrogens is 1. The Kier molecular flexibility index (Phi) is 4.25. The predicted octanol–water partition coefficient (Wildman–Crippen LogP) is 2.12. The van der Waals surface area contributed by atoms with Crippen LogP contribution in [0.5, 0.6) is 0 Å². The molecule has 9 heteroatoms. The summed E-state index contributed by atoms with van der Waals surface area (Å²) in [5, 5.41) is 8.75. The standard InChI is InChI=1S/C18H18N6O2S/c1-23(2)27(25,26)15-5-3-13(4-6-15)16-7-8-19-18-17(16)11-14(21-18)12-24-10-9-20-22-24/h3-11H,12H2,1-2H3,(H,19,21). The normalized spacial score (nSPS) is 12.1. The largest absolute Gasteiger partial charge is 0.342 e. The summed E-state index contributed by atoms with van der Waals surface area (Å²) >= 11 is 0. The van der Waals surface area contributed by atoms with Crippen molar-refractivity contribution in [3.63, 3.8) is 0 Å². The first-order chi connectivity index (χ1) is 12.9. The molecule has 0 saturated heterocycles. The molecule has 0 unspecified atom stereocenters. The lowest BCUT2D eigenvalue weighted by molar-refractivity contribution is 0.521. The number of nitrogens with zero attached hydrogens (tertiary/aromatic N) is 5. The van der Waals surface area contributed by atoms with Crippen LogP contribution in [0, 0.1) is 0 Å². The zero-order valence-corrected chi connectivity index (χ0v) is 15.7. The van der Waals surface area contributed by atoms with Crippen LogP contribution in [0.15, 0.2) is 59.9 Å². The zero-order chi connectivity index (χ0) is 19.0. The molecule has 0 atom stereocenters. The zero-order valence-electron chi connectivity index (χ0n) is 14.9. The Bertz CT molecular complexity index is 1180. The number of hydrogen-bond donors (Lipinski definition) is 1. The number of hydrogen-bond acceptors (Lipinski definition) is 5. The molecular formula is C18H18N6O2S. The fourth-order valence-corrected chi connectivity index (χ4v) is 3.83. The molecule has 0 saturated carbocycles. The van der Waals surface area contributed by atoms with E-state index in [4.69, 9.17) is 0 Å². The molecule has 3 heterocycles. The lowest BCUT2D eigenvalue weighted by Gasteiger charge is -2.11. The molecule has 8 nitrogen and oxygen atoms in total. The molecule has 27 heavy (non-hydrogen) atoms. The Morgan fingerprint density at radius 1 is 1.11 bits per heavy atom. The third-order valence-electron chi connectivity index (χ3n) is 4.34. The van der Waals surface area contributed by atoms with Crippen LogP contribution in [0.2, 0.25) is 0 Å². The van der Waals surface area contributed by atoms with Gasteiger partial charge in [-0.2, -0.15) is 0 Å². The number of nitrogens with one attached hydrogen (secondary N) is 1. The van der Waals surface area contributed by atoms with Crippen molar-refractivity contribution in [2.75, 3.05) is 14.1 Å². The lowest BCUT2D eigenvalue weighted by Crippen LogP contribution is -2.22. The Balaban J connectivity index is 1.72. The molecule has 4 rings (SSSR count). The van der Waals surface area contributed by atoms with Gasteiger partial charge < -0.3 is 4.98 Å². The molecule has 3 aromatic heterocycles. The Morgan fingerprint density at radius 2 is 1.89 bits per heavy atom. The second-order valence-corrected chi connectivity index (χ2v) is 8.48. The quantitative estimate of drug-likeness (QED) is 0.570. The monoisotopic (exact) mass is 382 g/mol. The van der Waals surface area contributed by atoms with Gasteiger partial charge in [-0.25, -0.2) is 22.4 Å². The first-order valence-electron chi connectivity index (χ1n) is 8.29. The van der Waals surface area contributed by atoms with Gasteiger partial charge in [-0.3, -0.25) is 0 Å². The van der Waals surface area contributed by atoms with Gasteiger partial charge in [0, 0.05) is 37.6 Å². The van der Waals surface area contributed by atoms with Gasteiger partial charge in [0.15, 0.2) is 0 Å². The van der Waals surface area contributed by atoms with E-state index < -0.39 is 10.0 Å². The predicted molar refractivity (Wildman–Crippen MR) is 102 cm³/mol. The Morgan fingerprint density at radius 3 is 2.56 bits per heavy atom. The van der Waals surface area contributed by atoms with Crippen molar-refractivity contribution in [1.29, 1.82) is 0 Å². The summed E-state index contributed by atoms with van der Waals surface area (Å²) in [4.78, 5) is 7.95. The number of benzene rings is 1. The topological polar surface area (TPSA) is 96.8 Å². The van der Waals surface area contributed by atoms with Crippen LogP contribution in [0.4, 0.5) is 0 Å². The lowest BCUT2D eigenvalue weighted by atomic mass is 10.0. The van der Waals surface area contributed by atoms with Crippen molar-refractivity contribution >= 4 is 21.1 Å². The van der Waals surface area contributed by atoms with Crippen molar-refractivity contribution in [3.05, 3.63) is 60.7 Å². The molecule has 0 spiro atoms. The summed E-state index contributed by atoms with van der Waals surface area (Å²) in [6, 6.07) is 10.8. The molecule has 1 N–H and O–H groups in total. The minimum atomic E-state index is -3.44. The van der Waals surface area contributed by atoms with Crippen LogP contribution in [0.25, 0.3) is 22.2 Å². The van der Waals surface area contributed by atoms with E-state index in [0.29, 0.717) is 6.54 Å². The highest BCUT2D eigenvalue weighted by Gasteiger charge is 2.17. The summed E-state index contributed by atoms with van der Waals surface area (Å²) < 4.78 is 27.4. The molecule has 138 valence electrons. The van der Waals surface area contributed by atoms with E-state index in [1.165, 1.54) is 18.4 Å². The van der Waals surface area contributed by atoms with Crippen LogP contribution >= 0.6 is 0 Å². The van der Waals surface area contributed by atoms with Crippen molar-refractivity contribution in [1.82, 2.24) is 29.3 Å². The average molecular weight is 382 g/mol. The third kappa shape index (κ3) is 3.22. The van der Waals surface area contributed by atoms with Gasteiger partial charge in [-0.1, -0.05) is 17.3 Å². The molecule has 0 aliphatic rings. The van der Waals surface area contributed by atoms with Gasteiger partial charge in [0.1, 0.15) is 5.65 Å². The number of aromatic amines is 1. The molecule has 4 aromatic rings. The van der Waals surface area contributed by atoms with Crippen LogP contribution in [-0.2, 0) is 16.6 Å². The Hall–Kier alpha value is -3.04. The summed E-state index contributed by atoms with van der Waals surface area (Å²) in [6.07, 6.45) is 5.16. The highest BCUT2D eigenvalue weighted by Crippen LogP contribution is 2.29. The number of pyridine rings is 1.